The van der Waals surface area contributed by atoms with E-state index in [2.05, 4.69) is 31.2 Å². The van der Waals surface area contributed by atoms with Crippen molar-refractivity contribution < 1.29 is 13.2 Å². The van der Waals surface area contributed by atoms with E-state index in [0.717, 1.165) is 31.5 Å². The zero-order valence-corrected chi connectivity index (χ0v) is 16.9. The Hall–Kier alpha value is -3.47. The molecular weight excluding hydrogens is 425 g/mol. The Morgan fingerprint density at radius 3 is 2.34 bits per heavy atom. The van der Waals surface area contributed by atoms with Crippen LogP contribution in [0.15, 0.2) is 46.2 Å². The van der Waals surface area contributed by atoms with Crippen LogP contribution in [0.5, 0.6) is 0 Å². The van der Waals surface area contributed by atoms with Crippen LogP contribution >= 0.6 is 0 Å². The zero-order valence-electron chi connectivity index (χ0n) is 16.9. The van der Waals surface area contributed by atoms with Crippen LogP contribution in [0.25, 0.3) is 0 Å². The largest absolute Gasteiger partial charge is 0.419 e. The Morgan fingerprint density at radius 2 is 1.72 bits per heavy atom. The molecule has 0 aliphatic carbocycles. The molecule has 32 heavy (non-hydrogen) atoms. The highest BCUT2D eigenvalue weighted by atomic mass is 19.4. The first-order chi connectivity index (χ1) is 15.3. The third kappa shape index (κ3) is 4.88. The van der Waals surface area contributed by atoms with Crippen molar-refractivity contribution in [2.75, 3.05) is 29.0 Å². The lowest BCUT2D eigenvalue weighted by Gasteiger charge is -2.26. The highest BCUT2D eigenvalue weighted by Gasteiger charge is 2.31. The molecule has 1 aliphatic rings. The second kappa shape index (κ2) is 8.95. The van der Waals surface area contributed by atoms with Crippen LogP contribution in [0, 0.1) is 0 Å². The predicted molar refractivity (Wildman–Crippen MR) is 115 cm³/mol. The number of hydrogen-bond acceptors (Lipinski definition) is 8. The topological polar surface area (TPSA) is 108 Å². The first-order valence-corrected chi connectivity index (χ1v) is 10.1. The monoisotopic (exact) mass is 446 g/mol. The van der Waals surface area contributed by atoms with E-state index in [0.29, 0.717) is 36.0 Å². The van der Waals surface area contributed by atoms with E-state index in [1.807, 2.05) is 0 Å². The van der Waals surface area contributed by atoms with Gasteiger partial charge in [0, 0.05) is 37.2 Å². The quantitative estimate of drug-likeness (QED) is 0.411. The Kier molecular flexibility index (Phi) is 6.08. The second-order valence-electron chi connectivity index (χ2n) is 7.56. The molecule has 4 rings (SSSR count). The summed E-state index contributed by atoms with van der Waals surface area (Å²) in [6.45, 7) is 2.03. The van der Waals surface area contributed by atoms with E-state index in [1.165, 1.54) is 0 Å². The lowest BCUT2D eigenvalue weighted by Crippen LogP contribution is -2.44. The maximum Gasteiger partial charge on any atom is 0.419 e. The molecule has 3 aromatic rings. The van der Waals surface area contributed by atoms with Crippen LogP contribution in [-0.4, -0.2) is 29.1 Å². The van der Waals surface area contributed by atoms with Crippen molar-refractivity contribution >= 4 is 23.0 Å². The average molecular weight is 446 g/mol. The van der Waals surface area contributed by atoms with Crippen LogP contribution in [-0.2, 0) is 12.7 Å². The molecule has 11 heteroatoms. The smallest absolute Gasteiger partial charge is 0.376 e. The van der Waals surface area contributed by atoms with E-state index in [4.69, 9.17) is 0 Å². The molecule has 2 aromatic carbocycles. The molecule has 1 unspecified atom stereocenters. The van der Waals surface area contributed by atoms with Crippen molar-refractivity contribution in [2.45, 2.75) is 31.6 Å². The van der Waals surface area contributed by atoms with Gasteiger partial charge in [-0.05, 0) is 37.1 Å². The summed E-state index contributed by atoms with van der Waals surface area (Å²) in [4.78, 5) is 31.2. The van der Waals surface area contributed by atoms with Gasteiger partial charge < -0.3 is 21.3 Å². The van der Waals surface area contributed by atoms with E-state index in [9.17, 15) is 22.8 Å². The third-order valence-corrected chi connectivity index (χ3v) is 5.21. The van der Waals surface area contributed by atoms with Crippen molar-refractivity contribution in [2.24, 2.45) is 0 Å². The van der Waals surface area contributed by atoms with Gasteiger partial charge in [0.15, 0.2) is 0 Å². The molecule has 168 valence electrons. The van der Waals surface area contributed by atoms with Gasteiger partial charge in [0.25, 0.3) is 10.9 Å². The summed E-state index contributed by atoms with van der Waals surface area (Å²) in [7, 11) is 0. The van der Waals surface area contributed by atoms with Gasteiger partial charge in [0.1, 0.15) is 11.4 Å². The molecule has 0 amide bonds. The summed E-state index contributed by atoms with van der Waals surface area (Å²) < 4.78 is 37.7. The lowest BCUT2D eigenvalue weighted by molar-refractivity contribution is -0.138. The fourth-order valence-corrected chi connectivity index (χ4v) is 3.44. The highest BCUT2D eigenvalue weighted by Crippen LogP contribution is 2.28. The highest BCUT2D eigenvalue weighted by molar-refractivity contribution is 5.74. The van der Waals surface area contributed by atoms with E-state index < -0.39 is 22.6 Å². The third-order valence-electron chi connectivity index (χ3n) is 5.21. The Labute approximate surface area is 181 Å². The van der Waals surface area contributed by atoms with Gasteiger partial charge in [-0.1, -0.05) is 12.1 Å². The zero-order chi connectivity index (χ0) is 22.7. The summed E-state index contributed by atoms with van der Waals surface area (Å²) in [5.41, 5.74) is 0.110. The van der Waals surface area contributed by atoms with Crippen LogP contribution in [0.3, 0.4) is 0 Å². The number of aromatic nitrogens is 2. The number of benzene rings is 1. The number of nitrogens with zero attached hydrogens (tertiary/aromatic N) is 2. The van der Waals surface area contributed by atoms with Crippen molar-refractivity contribution in [3.63, 3.8) is 0 Å². The molecule has 0 radical (unpaired) electrons. The SMILES string of the molecule is O=c1c(NCc2ccc(Nc3ncc(C(F)(F)F)cn3)cc2)c(NC2CCCNC2)c1=O. The van der Waals surface area contributed by atoms with Crippen LogP contribution in [0.4, 0.5) is 36.2 Å². The first kappa shape index (κ1) is 21.8. The minimum Gasteiger partial charge on any atom is -0.376 e. The number of rotatable bonds is 7. The van der Waals surface area contributed by atoms with Crippen molar-refractivity contribution in [1.82, 2.24) is 15.3 Å². The minimum atomic E-state index is -4.49. The van der Waals surface area contributed by atoms with Crippen LogP contribution in [0.1, 0.15) is 24.0 Å². The molecule has 1 aromatic heterocycles. The summed E-state index contributed by atoms with van der Waals surface area (Å²) >= 11 is 0. The van der Waals surface area contributed by atoms with Crippen molar-refractivity contribution in [1.29, 1.82) is 0 Å². The number of anilines is 4. The van der Waals surface area contributed by atoms with Gasteiger partial charge >= 0.3 is 6.18 Å². The molecular formula is C21H21F3N6O2. The predicted octanol–water partition coefficient (Wildman–Crippen LogP) is 2.61. The van der Waals surface area contributed by atoms with E-state index in [1.54, 1.807) is 24.3 Å². The van der Waals surface area contributed by atoms with E-state index >= 15 is 0 Å². The molecule has 2 heterocycles. The molecule has 1 saturated heterocycles. The number of nitrogens with one attached hydrogen (secondary N) is 4. The molecule has 8 nitrogen and oxygen atoms in total. The Balaban J connectivity index is 1.34. The van der Waals surface area contributed by atoms with Gasteiger partial charge in [-0.25, -0.2) is 9.97 Å². The standard InChI is InChI=1S/C21H21F3N6O2/c22-21(23,24)13-9-27-20(28-10-13)30-14-5-3-12(4-6-14)8-26-16-17(19(32)18(16)31)29-15-2-1-7-25-11-15/h3-6,9-10,15,25-26,29H,1-2,7-8,11H2,(H,27,28,30). The molecule has 0 spiro atoms. The second-order valence-corrected chi connectivity index (χ2v) is 7.56. The van der Waals surface area contributed by atoms with Gasteiger partial charge in [-0.2, -0.15) is 13.2 Å². The lowest BCUT2D eigenvalue weighted by atomic mass is 10.1. The van der Waals surface area contributed by atoms with Gasteiger partial charge in [0.05, 0.1) is 5.56 Å². The summed E-state index contributed by atoms with van der Waals surface area (Å²) in [6.07, 6.45) is -1.12. The fourth-order valence-electron chi connectivity index (χ4n) is 3.44. The Morgan fingerprint density at radius 1 is 1.03 bits per heavy atom. The molecule has 0 saturated carbocycles. The van der Waals surface area contributed by atoms with Gasteiger partial charge in [-0.15, -0.1) is 0 Å². The number of halogens is 3. The maximum absolute atomic E-state index is 12.6. The number of piperidine rings is 1. The van der Waals surface area contributed by atoms with Gasteiger partial charge in [-0.3, -0.25) is 9.59 Å². The summed E-state index contributed by atoms with van der Waals surface area (Å²) in [6, 6.07) is 7.11. The van der Waals surface area contributed by atoms with Gasteiger partial charge in [0.2, 0.25) is 5.95 Å². The first-order valence-electron chi connectivity index (χ1n) is 10.1. The summed E-state index contributed by atoms with van der Waals surface area (Å²) in [5, 5.41) is 12.3. The average Bonchev–Trinajstić information content (AvgIpc) is 2.79. The maximum atomic E-state index is 12.6. The Bertz CT molecular complexity index is 1130. The molecule has 0 bridgehead atoms. The fraction of sp³-hybridized carbons (Fsp3) is 0.333. The normalized spacial score (nSPS) is 16.7. The summed E-state index contributed by atoms with van der Waals surface area (Å²) in [5.74, 6) is 0.0422. The minimum absolute atomic E-state index is 0.0422. The molecule has 1 aliphatic heterocycles. The molecule has 1 atom stereocenters. The van der Waals surface area contributed by atoms with Crippen molar-refractivity contribution in [3.8, 4) is 0 Å². The van der Waals surface area contributed by atoms with E-state index in [-0.39, 0.29) is 12.0 Å². The molecule has 1 fully saturated rings. The molecule has 4 N–H and O–H groups in total. The number of alkyl halides is 3. The van der Waals surface area contributed by atoms with Crippen LogP contribution in [0.2, 0.25) is 0 Å². The van der Waals surface area contributed by atoms with Crippen LogP contribution < -0.4 is 32.1 Å². The number of hydrogen-bond donors (Lipinski definition) is 4. The van der Waals surface area contributed by atoms with Crippen molar-refractivity contribution in [3.05, 3.63) is 68.2 Å².